The highest BCUT2D eigenvalue weighted by atomic mass is 35.5. The van der Waals surface area contributed by atoms with E-state index in [2.05, 4.69) is 33.7 Å². The van der Waals surface area contributed by atoms with Crippen molar-refractivity contribution in [2.45, 2.75) is 20.0 Å². The Bertz CT molecular complexity index is 683. The number of hydrogen-bond acceptors (Lipinski definition) is 2. The fraction of sp³-hybridized carbons (Fsp3) is 0.231. The first-order valence-corrected chi connectivity index (χ1v) is 6.27. The SMILES string of the molecule is CCn1ncnc1Cn1ccc2cccc(Cl)c21. The molecule has 0 radical (unpaired) electrons. The van der Waals surface area contributed by atoms with Crippen LogP contribution in [0.2, 0.25) is 5.02 Å². The van der Waals surface area contributed by atoms with E-state index in [1.807, 2.05) is 23.0 Å². The first kappa shape index (κ1) is 11.3. The second-order valence-corrected chi connectivity index (χ2v) is 4.52. The van der Waals surface area contributed by atoms with E-state index >= 15 is 0 Å². The molecule has 18 heavy (non-hydrogen) atoms. The van der Waals surface area contributed by atoms with Crippen LogP contribution >= 0.6 is 11.6 Å². The molecule has 5 heteroatoms. The minimum atomic E-state index is 0.682. The van der Waals surface area contributed by atoms with Gasteiger partial charge in [-0.15, -0.1) is 0 Å². The molecule has 0 atom stereocenters. The Kier molecular flexibility index (Phi) is 2.80. The lowest BCUT2D eigenvalue weighted by atomic mass is 10.2. The molecule has 2 aromatic heterocycles. The topological polar surface area (TPSA) is 35.6 Å². The first-order valence-electron chi connectivity index (χ1n) is 5.89. The summed E-state index contributed by atoms with van der Waals surface area (Å²) in [6.07, 6.45) is 3.62. The van der Waals surface area contributed by atoms with Gasteiger partial charge in [0.05, 0.1) is 17.1 Å². The molecule has 0 spiro atoms. The van der Waals surface area contributed by atoms with E-state index in [0.29, 0.717) is 6.54 Å². The Labute approximate surface area is 110 Å². The van der Waals surface area contributed by atoms with E-state index in [-0.39, 0.29) is 0 Å². The van der Waals surface area contributed by atoms with Crippen LogP contribution in [0.4, 0.5) is 0 Å². The third kappa shape index (κ3) is 1.78. The van der Waals surface area contributed by atoms with E-state index in [1.54, 1.807) is 6.33 Å². The van der Waals surface area contributed by atoms with Gasteiger partial charge in [0, 0.05) is 18.1 Å². The van der Waals surface area contributed by atoms with Crippen molar-refractivity contribution in [2.75, 3.05) is 0 Å². The Hall–Kier alpha value is -1.81. The molecular formula is C13H13ClN4. The Morgan fingerprint density at radius 1 is 1.28 bits per heavy atom. The van der Waals surface area contributed by atoms with E-state index in [1.165, 1.54) is 0 Å². The molecule has 0 saturated carbocycles. The molecule has 0 amide bonds. The van der Waals surface area contributed by atoms with Crippen molar-refractivity contribution < 1.29 is 0 Å². The standard InChI is InChI=1S/C13H13ClN4/c1-2-18-12(15-9-16-18)8-17-7-6-10-4-3-5-11(14)13(10)17/h3-7,9H,2,8H2,1H3. The molecule has 2 heterocycles. The number of nitrogens with zero attached hydrogens (tertiary/aromatic N) is 4. The van der Waals surface area contributed by atoms with E-state index in [9.17, 15) is 0 Å². The Balaban J connectivity index is 2.05. The maximum absolute atomic E-state index is 6.25. The second kappa shape index (κ2) is 4.46. The number of aryl methyl sites for hydroxylation is 1. The van der Waals surface area contributed by atoms with E-state index in [4.69, 9.17) is 11.6 Å². The van der Waals surface area contributed by atoms with Crippen LogP contribution in [0.25, 0.3) is 10.9 Å². The molecule has 3 rings (SSSR count). The third-order valence-electron chi connectivity index (χ3n) is 3.05. The van der Waals surface area contributed by atoms with Crippen LogP contribution in [0.1, 0.15) is 12.7 Å². The summed E-state index contributed by atoms with van der Waals surface area (Å²) in [6.45, 7) is 3.56. The van der Waals surface area contributed by atoms with Crippen LogP contribution in [-0.2, 0) is 13.1 Å². The van der Waals surface area contributed by atoms with Gasteiger partial charge in [-0.2, -0.15) is 5.10 Å². The number of aromatic nitrogens is 4. The minimum absolute atomic E-state index is 0.682. The monoisotopic (exact) mass is 260 g/mol. The predicted molar refractivity (Wildman–Crippen MR) is 71.7 cm³/mol. The zero-order valence-corrected chi connectivity index (χ0v) is 10.8. The fourth-order valence-corrected chi connectivity index (χ4v) is 2.46. The van der Waals surface area contributed by atoms with Gasteiger partial charge < -0.3 is 4.57 Å². The highest BCUT2D eigenvalue weighted by molar-refractivity contribution is 6.35. The zero-order valence-electron chi connectivity index (χ0n) is 10.0. The van der Waals surface area contributed by atoms with Gasteiger partial charge in [0.2, 0.25) is 0 Å². The van der Waals surface area contributed by atoms with Gasteiger partial charge >= 0.3 is 0 Å². The minimum Gasteiger partial charge on any atom is -0.339 e. The number of para-hydroxylation sites is 1. The summed E-state index contributed by atoms with van der Waals surface area (Å²) in [7, 11) is 0. The number of rotatable bonds is 3. The molecule has 4 nitrogen and oxygen atoms in total. The molecule has 1 aromatic carbocycles. The number of halogens is 1. The lowest BCUT2D eigenvalue weighted by Crippen LogP contribution is -2.08. The van der Waals surface area contributed by atoms with Crippen molar-refractivity contribution in [3.8, 4) is 0 Å². The molecule has 0 aliphatic carbocycles. The average molecular weight is 261 g/mol. The second-order valence-electron chi connectivity index (χ2n) is 4.11. The van der Waals surface area contributed by atoms with Gasteiger partial charge in [-0.1, -0.05) is 23.7 Å². The van der Waals surface area contributed by atoms with Crippen molar-refractivity contribution in [1.82, 2.24) is 19.3 Å². The molecule has 0 unspecified atom stereocenters. The van der Waals surface area contributed by atoms with E-state index in [0.717, 1.165) is 28.3 Å². The molecule has 92 valence electrons. The highest BCUT2D eigenvalue weighted by Gasteiger charge is 2.08. The number of benzene rings is 1. The molecule has 0 N–H and O–H groups in total. The van der Waals surface area contributed by atoms with Crippen LogP contribution in [0.15, 0.2) is 36.8 Å². The van der Waals surface area contributed by atoms with Gasteiger partial charge in [0.25, 0.3) is 0 Å². The lowest BCUT2D eigenvalue weighted by molar-refractivity contribution is 0.597. The number of fused-ring (bicyclic) bond motifs is 1. The molecule has 0 aliphatic rings. The summed E-state index contributed by atoms with van der Waals surface area (Å²) >= 11 is 6.25. The van der Waals surface area contributed by atoms with Gasteiger partial charge in [0.15, 0.2) is 0 Å². The summed E-state index contributed by atoms with van der Waals surface area (Å²) in [5, 5.41) is 6.08. The van der Waals surface area contributed by atoms with E-state index < -0.39 is 0 Å². The lowest BCUT2D eigenvalue weighted by Gasteiger charge is -2.07. The van der Waals surface area contributed by atoms with Crippen LogP contribution in [0.5, 0.6) is 0 Å². The molecule has 0 saturated heterocycles. The molecule has 0 bridgehead atoms. The third-order valence-corrected chi connectivity index (χ3v) is 3.35. The smallest absolute Gasteiger partial charge is 0.146 e. The van der Waals surface area contributed by atoms with Crippen molar-refractivity contribution in [2.24, 2.45) is 0 Å². The van der Waals surface area contributed by atoms with Crippen LogP contribution in [-0.4, -0.2) is 19.3 Å². The predicted octanol–water partition coefficient (Wildman–Crippen LogP) is 2.95. The first-order chi connectivity index (χ1) is 8.79. The van der Waals surface area contributed by atoms with Crippen molar-refractivity contribution >= 4 is 22.5 Å². The van der Waals surface area contributed by atoms with Crippen molar-refractivity contribution in [1.29, 1.82) is 0 Å². The van der Waals surface area contributed by atoms with Crippen LogP contribution < -0.4 is 0 Å². The fourth-order valence-electron chi connectivity index (χ4n) is 2.17. The van der Waals surface area contributed by atoms with Crippen molar-refractivity contribution in [3.05, 3.63) is 47.6 Å². The Morgan fingerprint density at radius 3 is 3.00 bits per heavy atom. The maximum atomic E-state index is 6.25. The molecule has 3 aromatic rings. The van der Waals surface area contributed by atoms with Gasteiger partial charge in [0.1, 0.15) is 12.2 Å². The van der Waals surface area contributed by atoms with Gasteiger partial charge in [-0.05, 0) is 19.1 Å². The Morgan fingerprint density at radius 2 is 2.17 bits per heavy atom. The molecule has 0 fully saturated rings. The van der Waals surface area contributed by atoms with Crippen LogP contribution in [0, 0.1) is 0 Å². The number of hydrogen-bond donors (Lipinski definition) is 0. The summed E-state index contributed by atoms with van der Waals surface area (Å²) in [5.41, 5.74) is 1.05. The summed E-state index contributed by atoms with van der Waals surface area (Å²) in [4.78, 5) is 4.29. The van der Waals surface area contributed by atoms with Crippen molar-refractivity contribution in [3.63, 3.8) is 0 Å². The summed E-state index contributed by atoms with van der Waals surface area (Å²) in [6, 6.07) is 7.99. The average Bonchev–Trinajstić information content (AvgIpc) is 2.97. The summed E-state index contributed by atoms with van der Waals surface area (Å²) in [5.74, 6) is 0.940. The maximum Gasteiger partial charge on any atom is 0.146 e. The largest absolute Gasteiger partial charge is 0.339 e. The molecular weight excluding hydrogens is 248 g/mol. The normalized spacial score (nSPS) is 11.2. The quantitative estimate of drug-likeness (QED) is 0.726. The summed E-state index contributed by atoms with van der Waals surface area (Å²) < 4.78 is 4.00. The van der Waals surface area contributed by atoms with Gasteiger partial charge in [-0.25, -0.2) is 9.67 Å². The molecule has 0 aliphatic heterocycles. The van der Waals surface area contributed by atoms with Crippen LogP contribution in [0.3, 0.4) is 0 Å². The van der Waals surface area contributed by atoms with Gasteiger partial charge in [-0.3, -0.25) is 0 Å². The highest BCUT2D eigenvalue weighted by Crippen LogP contribution is 2.24. The zero-order chi connectivity index (χ0) is 12.5.